The van der Waals surface area contributed by atoms with E-state index < -0.39 is 0 Å². The highest BCUT2D eigenvalue weighted by atomic mass is 35.5. The maximum absolute atomic E-state index is 6.23. The molecule has 1 aliphatic heterocycles. The summed E-state index contributed by atoms with van der Waals surface area (Å²) in [5.74, 6) is 0. The first kappa shape index (κ1) is 15.3. The number of hydrogen-bond donors (Lipinski definition) is 1. The summed E-state index contributed by atoms with van der Waals surface area (Å²) in [5, 5.41) is 4.81. The molecule has 3 heteroatoms. The van der Waals surface area contributed by atoms with Crippen molar-refractivity contribution in [2.45, 2.75) is 52.1 Å². The molecular weight excluding hydrogens is 280 g/mol. The highest BCUT2D eigenvalue weighted by molar-refractivity contribution is 6.30. The Balaban J connectivity index is 1.79. The lowest BCUT2D eigenvalue weighted by molar-refractivity contribution is 0.164. The fourth-order valence-electron chi connectivity index (χ4n) is 4.04. The Hall–Kier alpha value is -0.570. The molecule has 1 aromatic carbocycles. The molecule has 1 saturated heterocycles. The first-order valence-electron chi connectivity index (χ1n) is 8.26. The Bertz CT molecular complexity index is 512. The minimum Gasteiger partial charge on any atom is -0.305 e. The number of nitrogens with one attached hydrogen (secondary N) is 1. The predicted molar refractivity (Wildman–Crippen MR) is 89.9 cm³/mol. The van der Waals surface area contributed by atoms with Crippen molar-refractivity contribution < 1.29 is 0 Å². The third kappa shape index (κ3) is 3.13. The average Bonchev–Trinajstić information content (AvgIpc) is 2.70. The van der Waals surface area contributed by atoms with Gasteiger partial charge in [-0.1, -0.05) is 38.4 Å². The van der Waals surface area contributed by atoms with Gasteiger partial charge in [-0.15, -0.1) is 0 Å². The second-order valence-electron chi connectivity index (χ2n) is 7.34. The number of halogens is 1. The van der Waals surface area contributed by atoms with Crippen molar-refractivity contribution in [3.63, 3.8) is 0 Å². The van der Waals surface area contributed by atoms with Gasteiger partial charge in [0.15, 0.2) is 0 Å². The van der Waals surface area contributed by atoms with Gasteiger partial charge in [0, 0.05) is 23.7 Å². The Morgan fingerprint density at radius 2 is 2.19 bits per heavy atom. The summed E-state index contributed by atoms with van der Waals surface area (Å²) in [5.41, 5.74) is 3.15. The number of nitrogens with zero attached hydrogens (tertiary/aromatic N) is 1. The molecule has 0 spiro atoms. The van der Waals surface area contributed by atoms with Crippen molar-refractivity contribution in [2.75, 3.05) is 19.6 Å². The lowest BCUT2D eigenvalue weighted by Gasteiger charge is -2.38. The Morgan fingerprint density at radius 3 is 2.95 bits per heavy atom. The van der Waals surface area contributed by atoms with Crippen LogP contribution >= 0.6 is 11.6 Å². The van der Waals surface area contributed by atoms with E-state index >= 15 is 0 Å². The van der Waals surface area contributed by atoms with E-state index in [-0.39, 0.29) is 5.41 Å². The highest BCUT2D eigenvalue weighted by Crippen LogP contribution is 2.46. The lowest BCUT2D eigenvalue weighted by Crippen LogP contribution is -2.48. The molecule has 1 aromatic rings. The number of rotatable bonds is 3. The molecule has 0 amide bonds. The Labute approximate surface area is 133 Å². The van der Waals surface area contributed by atoms with Crippen molar-refractivity contribution in [1.29, 1.82) is 0 Å². The van der Waals surface area contributed by atoms with Crippen molar-refractivity contribution in [3.8, 4) is 0 Å². The summed E-state index contributed by atoms with van der Waals surface area (Å²) in [7, 11) is 0. The SMILES string of the molecule is CCN1CCCC(NC2c3cc(Cl)ccc3CC2(C)C)C1. The van der Waals surface area contributed by atoms with Gasteiger partial charge >= 0.3 is 0 Å². The zero-order valence-corrected chi connectivity index (χ0v) is 14.2. The van der Waals surface area contributed by atoms with Gasteiger partial charge in [0.2, 0.25) is 0 Å². The van der Waals surface area contributed by atoms with Crippen molar-refractivity contribution in [2.24, 2.45) is 5.41 Å². The molecule has 2 nitrogen and oxygen atoms in total. The maximum Gasteiger partial charge on any atom is 0.0409 e. The van der Waals surface area contributed by atoms with Crippen LogP contribution in [0.2, 0.25) is 5.02 Å². The van der Waals surface area contributed by atoms with Crippen LogP contribution in [0.4, 0.5) is 0 Å². The van der Waals surface area contributed by atoms with Crippen LogP contribution in [0.5, 0.6) is 0 Å². The third-order valence-corrected chi connectivity index (χ3v) is 5.44. The molecular formula is C18H27ClN2. The van der Waals surface area contributed by atoms with Crippen LogP contribution < -0.4 is 5.32 Å². The van der Waals surface area contributed by atoms with Crippen LogP contribution in [-0.4, -0.2) is 30.6 Å². The van der Waals surface area contributed by atoms with Crippen LogP contribution in [0.25, 0.3) is 0 Å². The van der Waals surface area contributed by atoms with E-state index in [0.717, 1.165) is 18.0 Å². The van der Waals surface area contributed by atoms with Crippen LogP contribution in [0.3, 0.4) is 0 Å². The number of fused-ring (bicyclic) bond motifs is 1. The largest absolute Gasteiger partial charge is 0.305 e. The molecule has 2 aliphatic rings. The Morgan fingerprint density at radius 1 is 1.38 bits per heavy atom. The van der Waals surface area contributed by atoms with Gasteiger partial charge < -0.3 is 10.2 Å². The summed E-state index contributed by atoms with van der Waals surface area (Å²) in [6.45, 7) is 10.6. The Kier molecular flexibility index (Phi) is 4.31. The minimum absolute atomic E-state index is 0.265. The van der Waals surface area contributed by atoms with Gasteiger partial charge in [-0.3, -0.25) is 0 Å². The number of likely N-dealkylation sites (N-methyl/N-ethyl adjacent to an activating group) is 1. The third-order valence-electron chi connectivity index (χ3n) is 5.20. The van der Waals surface area contributed by atoms with Crippen LogP contribution in [-0.2, 0) is 6.42 Å². The van der Waals surface area contributed by atoms with E-state index in [9.17, 15) is 0 Å². The molecule has 3 rings (SSSR count). The van der Waals surface area contributed by atoms with Gasteiger partial charge in [-0.25, -0.2) is 0 Å². The number of benzene rings is 1. The number of piperidine rings is 1. The van der Waals surface area contributed by atoms with Gasteiger partial charge in [0.25, 0.3) is 0 Å². The predicted octanol–water partition coefficient (Wildman–Crippen LogP) is 4.04. The summed E-state index contributed by atoms with van der Waals surface area (Å²) < 4.78 is 0. The number of likely N-dealkylation sites (tertiary alicyclic amines) is 1. The van der Waals surface area contributed by atoms with E-state index in [0.29, 0.717) is 12.1 Å². The zero-order valence-electron chi connectivity index (χ0n) is 13.5. The van der Waals surface area contributed by atoms with Gasteiger partial charge in [0.1, 0.15) is 0 Å². The molecule has 1 aliphatic carbocycles. The maximum atomic E-state index is 6.23. The van der Waals surface area contributed by atoms with E-state index in [1.165, 1.54) is 37.1 Å². The summed E-state index contributed by atoms with van der Waals surface area (Å²) in [6, 6.07) is 7.43. The topological polar surface area (TPSA) is 15.3 Å². The molecule has 1 N–H and O–H groups in total. The van der Waals surface area contributed by atoms with E-state index in [1.807, 2.05) is 6.07 Å². The zero-order chi connectivity index (χ0) is 15.0. The van der Waals surface area contributed by atoms with Crippen LogP contribution in [0, 0.1) is 5.41 Å². The van der Waals surface area contributed by atoms with E-state index in [1.54, 1.807) is 0 Å². The first-order valence-corrected chi connectivity index (χ1v) is 8.64. The second kappa shape index (κ2) is 5.91. The van der Waals surface area contributed by atoms with E-state index in [4.69, 9.17) is 11.6 Å². The number of hydrogen-bond acceptors (Lipinski definition) is 2. The van der Waals surface area contributed by atoms with Crippen LogP contribution in [0.15, 0.2) is 18.2 Å². The van der Waals surface area contributed by atoms with Gasteiger partial charge in [-0.2, -0.15) is 0 Å². The smallest absolute Gasteiger partial charge is 0.0409 e. The minimum atomic E-state index is 0.265. The van der Waals surface area contributed by atoms with E-state index in [2.05, 4.69) is 43.1 Å². The molecule has 0 radical (unpaired) electrons. The van der Waals surface area contributed by atoms with Crippen molar-refractivity contribution >= 4 is 11.6 Å². The summed E-state index contributed by atoms with van der Waals surface area (Å²) in [4.78, 5) is 2.56. The van der Waals surface area contributed by atoms with Gasteiger partial charge in [0.05, 0.1) is 0 Å². The first-order chi connectivity index (χ1) is 9.99. The highest BCUT2D eigenvalue weighted by Gasteiger charge is 2.40. The summed E-state index contributed by atoms with van der Waals surface area (Å²) >= 11 is 6.23. The monoisotopic (exact) mass is 306 g/mol. The van der Waals surface area contributed by atoms with Crippen molar-refractivity contribution in [1.82, 2.24) is 10.2 Å². The standard InChI is InChI=1S/C18H27ClN2/c1-4-21-9-5-6-15(12-21)20-17-16-10-14(19)8-7-13(16)11-18(17,2)3/h7-8,10,15,17,20H,4-6,9,11-12H2,1-3H3. The molecule has 1 heterocycles. The quantitative estimate of drug-likeness (QED) is 0.907. The average molecular weight is 307 g/mol. The molecule has 21 heavy (non-hydrogen) atoms. The molecule has 2 unspecified atom stereocenters. The van der Waals surface area contributed by atoms with Gasteiger partial charge in [-0.05, 0) is 61.0 Å². The fourth-order valence-corrected chi connectivity index (χ4v) is 4.22. The second-order valence-corrected chi connectivity index (χ2v) is 7.78. The summed E-state index contributed by atoms with van der Waals surface area (Å²) in [6.07, 6.45) is 3.74. The molecule has 2 atom stereocenters. The molecule has 1 fully saturated rings. The normalized spacial score (nSPS) is 28.6. The molecule has 116 valence electrons. The molecule has 0 saturated carbocycles. The molecule has 0 bridgehead atoms. The van der Waals surface area contributed by atoms with Crippen molar-refractivity contribution in [3.05, 3.63) is 34.3 Å². The lowest BCUT2D eigenvalue weighted by atomic mass is 9.84. The molecule has 0 aromatic heterocycles. The van der Waals surface area contributed by atoms with Crippen LogP contribution in [0.1, 0.15) is 50.8 Å². The fraction of sp³-hybridized carbons (Fsp3) is 0.667.